The SMILES string of the molecule is CC1CCC(C)N(c2ccc(N)c3ccncc23)C1. The van der Waals surface area contributed by atoms with Crippen molar-refractivity contribution < 1.29 is 0 Å². The molecule has 1 aromatic carbocycles. The molecule has 2 aromatic rings. The molecule has 0 aliphatic carbocycles. The van der Waals surface area contributed by atoms with Crippen LogP contribution in [-0.4, -0.2) is 17.6 Å². The number of nitrogen functional groups attached to an aromatic ring is 1. The summed E-state index contributed by atoms with van der Waals surface area (Å²) < 4.78 is 0. The van der Waals surface area contributed by atoms with Gasteiger partial charge in [0.25, 0.3) is 0 Å². The average Bonchev–Trinajstić information content (AvgIpc) is 2.43. The molecule has 1 saturated heterocycles. The monoisotopic (exact) mass is 255 g/mol. The lowest BCUT2D eigenvalue weighted by molar-refractivity contribution is 0.391. The molecule has 0 spiro atoms. The molecule has 3 nitrogen and oxygen atoms in total. The predicted octanol–water partition coefficient (Wildman–Crippen LogP) is 3.44. The van der Waals surface area contributed by atoms with Crippen LogP contribution < -0.4 is 10.6 Å². The number of rotatable bonds is 1. The van der Waals surface area contributed by atoms with E-state index in [1.165, 1.54) is 23.9 Å². The second-order valence-electron chi connectivity index (χ2n) is 5.78. The molecule has 2 unspecified atom stereocenters. The van der Waals surface area contributed by atoms with Crippen LogP contribution in [0.4, 0.5) is 11.4 Å². The number of hydrogen-bond acceptors (Lipinski definition) is 3. The Morgan fingerprint density at radius 1 is 1.16 bits per heavy atom. The molecular weight excluding hydrogens is 234 g/mol. The largest absolute Gasteiger partial charge is 0.398 e. The van der Waals surface area contributed by atoms with Crippen molar-refractivity contribution in [3.63, 3.8) is 0 Å². The van der Waals surface area contributed by atoms with Gasteiger partial charge >= 0.3 is 0 Å². The molecule has 1 aliphatic rings. The highest BCUT2D eigenvalue weighted by atomic mass is 15.2. The van der Waals surface area contributed by atoms with Crippen molar-refractivity contribution in [2.75, 3.05) is 17.2 Å². The minimum Gasteiger partial charge on any atom is -0.398 e. The van der Waals surface area contributed by atoms with Crippen molar-refractivity contribution >= 4 is 22.1 Å². The summed E-state index contributed by atoms with van der Waals surface area (Å²) in [5.41, 5.74) is 8.18. The normalized spacial score (nSPS) is 23.8. The Morgan fingerprint density at radius 2 is 2.00 bits per heavy atom. The molecule has 0 amide bonds. The molecule has 3 rings (SSSR count). The van der Waals surface area contributed by atoms with Gasteiger partial charge in [-0.05, 0) is 43.9 Å². The second-order valence-corrected chi connectivity index (χ2v) is 5.78. The topological polar surface area (TPSA) is 42.1 Å². The Kier molecular flexibility index (Phi) is 3.05. The van der Waals surface area contributed by atoms with Crippen LogP contribution in [0.2, 0.25) is 0 Å². The summed E-state index contributed by atoms with van der Waals surface area (Å²) in [6.45, 7) is 5.76. The van der Waals surface area contributed by atoms with Crippen molar-refractivity contribution in [1.29, 1.82) is 0 Å². The van der Waals surface area contributed by atoms with Crippen molar-refractivity contribution in [1.82, 2.24) is 4.98 Å². The van der Waals surface area contributed by atoms with Gasteiger partial charge in [0.1, 0.15) is 0 Å². The summed E-state index contributed by atoms with van der Waals surface area (Å²) in [5, 5.41) is 2.28. The van der Waals surface area contributed by atoms with E-state index in [4.69, 9.17) is 5.73 Å². The second kappa shape index (κ2) is 4.72. The van der Waals surface area contributed by atoms with E-state index in [9.17, 15) is 0 Å². The molecule has 0 radical (unpaired) electrons. The van der Waals surface area contributed by atoms with E-state index in [0.717, 1.165) is 23.5 Å². The lowest BCUT2D eigenvalue weighted by atomic mass is 9.93. The summed E-state index contributed by atoms with van der Waals surface area (Å²) in [5.74, 6) is 0.750. The fraction of sp³-hybridized carbons (Fsp3) is 0.438. The van der Waals surface area contributed by atoms with E-state index in [2.05, 4.69) is 29.8 Å². The first kappa shape index (κ1) is 12.3. The number of fused-ring (bicyclic) bond motifs is 1. The Morgan fingerprint density at radius 3 is 2.84 bits per heavy atom. The molecule has 0 bridgehead atoms. The Labute approximate surface area is 114 Å². The smallest absolute Gasteiger partial charge is 0.0465 e. The Hall–Kier alpha value is -1.77. The zero-order chi connectivity index (χ0) is 13.4. The number of hydrogen-bond donors (Lipinski definition) is 1. The number of pyridine rings is 1. The molecule has 2 N–H and O–H groups in total. The number of piperidine rings is 1. The zero-order valence-corrected chi connectivity index (χ0v) is 11.6. The minimum atomic E-state index is 0.586. The van der Waals surface area contributed by atoms with Crippen molar-refractivity contribution in [2.45, 2.75) is 32.7 Å². The molecule has 1 fully saturated rings. The van der Waals surface area contributed by atoms with Crippen LogP contribution in [0.5, 0.6) is 0 Å². The van der Waals surface area contributed by atoms with Gasteiger partial charge in [0.2, 0.25) is 0 Å². The third-order valence-electron chi connectivity index (χ3n) is 4.26. The van der Waals surface area contributed by atoms with Gasteiger partial charge in [-0.25, -0.2) is 0 Å². The lowest BCUT2D eigenvalue weighted by Gasteiger charge is -2.39. The average molecular weight is 255 g/mol. The third kappa shape index (κ3) is 2.14. The Balaban J connectivity index is 2.12. The number of anilines is 2. The van der Waals surface area contributed by atoms with Crippen LogP contribution in [0, 0.1) is 5.92 Å². The molecule has 2 atom stereocenters. The molecule has 1 aromatic heterocycles. The first-order chi connectivity index (χ1) is 9.16. The molecule has 1 aliphatic heterocycles. The van der Waals surface area contributed by atoms with Crippen LogP contribution in [-0.2, 0) is 0 Å². The molecule has 0 saturated carbocycles. The van der Waals surface area contributed by atoms with Crippen molar-refractivity contribution in [3.8, 4) is 0 Å². The van der Waals surface area contributed by atoms with Gasteiger partial charge in [-0.1, -0.05) is 6.92 Å². The maximum Gasteiger partial charge on any atom is 0.0465 e. The highest BCUT2D eigenvalue weighted by Crippen LogP contribution is 2.34. The lowest BCUT2D eigenvalue weighted by Crippen LogP contribution is -2.41. The van der Waals surface area contributed by atoms with Crippen molar-refractivity contribution in [3.05, 3.63) is 30.6 Å². The van der Waals surface area contributed by atoms with E-state index in [1.54, 1.807) is 0 Å². The van der Waals surface area contributed by atoms with Gasteiger partial charge in [-0.2, -0.15) is 0 Å². The van der Waals surface area contributed by atoms with E-state index in [0.29, 0.717) is 6.04 Å². The van der Waals surface area contributed by atoms with Gasteiger partial charge in [0, 0.05) is 47.1 Å². The molecule has 100 valence electrons. The number of nitrogens with two attached hydrogens (primary N) is 1. The zero-order valence-electron chi connectivity index (χ0n) is 11.6. The standard InChI is InChI=1S/C16H21N3/c1-11-3-4-12(2)19(10-11)16-6-5-15(17)13-7-8-18-9-14(13)16/h5-9,11-12H,3-4,10,17H2,1-2H3. The Bertz CT molecular complexity index is 594. The van der Waals surface area contributed by atoms with Crippen LogP contribution in [0.25, 0.3) is 10.8 Å². The van der Waals surface area contributed by atoms with E-state index in [-0.39, 0.29) is 0 Å². The minimum absolute atomic E-state index is 0.586. The van der Waals surface area contributed by atoms with Gasteiger partial charge in [-0.15, -0.1) is 0 Å². The third-order valence-corrected chi connectivity index (χ3v) is 4.26. The summed E-state index contributed by atoms with van der Waals surface area (Å²) in [7, 11) is 0. The molecule has 2 heterocycles. The highest BCUT2D eigenvalue weighted by Gasteiger charge is 2.24. The summed E-state index contributed by atoms with van der Waals surface area (Å²) in [6.07, 6.45) is 6.33. The van der Waals surface area contributed by atoms with Crippen LogP contribution in [0.15, 0.2) is 30.6 Å². The van der Waals surface area contributed by atoms with Crippen LogP contribution in [0.1, 0.15) is 26.7 Å². The maximum absolute atomic E-state index is 6.07. The van der Waals surface area contributed by atoms with Crippen molar-refractivity contribution in [2.24, 2.45) is 5.92 Å². The molecular formula is C16H21N3. The highest BCUT2D eigenvalue weighted by molar-refractivity contribution is 6.00. The summed E-state index contributed by atoms with van der Waals surface area (Å²) in [6, 6.07) is 6.76. The van der Waals surface area contributed by atoms with E-state index in [1.807, 2.05) is 24.5 Å². The summed E-state index contributed by atoms with van der Waals surface area (Å²) in [4.78, 5) is 6.78. The number of nitrogens with zero attached hydrogens (tertiary/aromatic N) is 2. The van der Waals surface area contributed by atoms with Crippen LogP contribution >= 0.6 is 0 Å². The quantitative estimate of drug-likeness (QED) is 0.794. The fourth-order valence-corrected chi connectivity index (χ4v) is 3.07. The molecule has 3 heteroatoms. The van der Waals surface area contributed by atoms with E-state index < -0.39 is 0 Å². The predicted molar refractivity (Wildman–Crippen MR) is 81.4 cm³/mol. The maximum atomic E-state index is 6.07. The van der Waals surface area contributed by atoms with Gasteiger partial charge < -0.3 is 10.6 Å². The number of benzene rings is 1. The van der Waals surface area contributed by atoms with E-state index >= 15 is 0 Å². The van der Waals surface area contributed by atoms with Gasteiger partial charge in [-0.3, -0.25) is 4.98 Å². The summed E-state index contributed by atoms with van der Waals surface area (Å²) >= 11 is 0. The van der Waals surface area contributed by atoms with Gasteiger partial charge in [0.15, 0.2) is 0 Å². The first-order valence-electron chi connectivity index (χ1n) is 7.05. The molecule has 19 heavy (non-hydrogen) atoms. The van der Waals surface area contributed by atoms with Gasteiger partial charge in [0.05, 0.1) is 0 Å². The first-order valence-corrected chi connectivity index (χ1v) is 7.05. The fourth-order valence-electron chi connectivity index (χ4n) is 3.07. The number of aromatic nitrogens is 1. The van der Waals surface area contributed by atoms with Crippen LogP contribution in [0.3, 0.4) is 0 Å².